The van der Waals surface area contributed by atoms with Crippen LogP contribution < -0.4 is 14.5 Å². The highest BCUT2D eigenvalue weighted by Gasteiger charge is 2.34. The van der Waals surface area contributed by atoms with Gasteiger partial charge in [-0.2, -0.15) is 5.10 Å². The third-order valence-corrected chi connectivity index (χ3v) is 11.3. The summed E-state index contributed by atoms with van der Waals surface area (Å²) < 4.78 is 81.2. The van der Waals surface area contributed by atoms with Gasteiger partial charge in [-0.25, -0.2) is 40.8 Å². The Bertz CT molecular complexity index is 2120. The summed E-state index contributed by atoms with van der Waals surface area (Å²) in [7, 11) is -3.76. The van der Waals surface area contributed by atoms with E-state index in [0.29, 0.717) is 27.2 Å². The molecule has 1 saturated carbocycles. The van der Waals surface area contributed by atoms with Gasteiger partial charge in [0.05, 0.1) is 29.3 Å². The van der Waals surface area contributed by atoms with Gasteiger partial charge in [0.2, 0.25) is 5.95 Å². The number of hydrogen-bond donors (Lipinski definition) is 1. The second kappa shape index (κ2) is 15.3. The molecule has 2 fully saturated rings. The third kappa shape index (κ3) is 7.19. The smallest absolute Gasteiger partial charge is 0.272 e. The predicted octanol–water partition coefficient (Wildman–Crippen LogP) is 7.86. The molecule has 0 unspecified atom stereocenters. The minimum absolute atomic E-state index is 0.0296. The second-order valence-corrected chi connectivity index (χ2v) is 14.8. The molecule has 0 bridgehead atoms. The zero-order valence-electron chi connectivity index (χ0n) is 28.7. The maximum atomic E-state index is 16.8. The number of anilines is 4. The maximum Gasteiger partial charge on any atom is 0.272 e. The Labute approximate surface area is 300 Å². The average molecular weight is 733 g/mol. The number of ether oxygens (including phenoxy) is 1. The Balaban J connectivity index is 1.27. The zero-order chi connectivity index (χ0) is 36.2. The molecule has 0 atom stereocenters. The number of methoxy groups -OCH3 is 1. The van der Waals surface area contributed by atoms with E-state index >= 15 is 4.39 Å². The van der Waals surface area contributed by atoms with Gasteiger partial charge in [0, 0.05) is 43.7 Å². The van der Waals surface area contributed by atoms with Crippen molar-refractivity contribution in [1.29, 1.82) is 0 Å². The van der Waals surface area contributed by atoms with Crippen LogP contribution in [0.4, 0.5) is 36.3 Å². The van der Waals surface area contributed by atoms with E-state index < -0.39 is 44.8 Å². The minimum atomic E-state index is -4.96. The van der Waals surface area contributed by atoms with Crippen molar-refractivity contribution in [3.8, 4) is 22.5 Å². The SMILES string of the molecule is COCN(c1cccc(-c2nn(C3CCCCC3)cc2-c2ccnc(Nc3ccc(N4CCCCC4)nc3)n2)c1F)S(=O)(=O)c1c(F)cccc1F. The number of nitrogens with zero attached hydrogens (tertiary/aromatic N) is 7. The predicted molar refractivity (Wildman–Crippen MR) is 192 cm³/mol. The number of halogens is 3. The first-order valence-corrected chi connectivity index (χ1v) is 18.8. The summed E-state index contributed by atoms with van der Waals surface area (Å²) in [5.41, 5.74) is 1.36. The van der Waals surface area contributed by atoms with Crippen LogP contribution in [0.1, 0.15) is 57.4 Å². The van der Waals surface area contributed by atoms with Gasteiger partial charge in [0.1, 0.15) is 29.9 Å². The second-order valence-electron chi connectivity index (χ2n) is 13.0. The number of benzene rings is 2. The molecule has 0 amide bonds. The lowest BCUT2D eigenvalue weighted by atomic mass is 9.96. The molecule has 3 aromatic heterocycles. The average Bonchev–Trinajstić information content (AvgIpc) is 3.61. The summed E-state index contributed by atoms with van der Waals surface area (Å²) in [6.45, 7) is 1.25. The highest BCUT2D eigenvalue weighted by molar-refractivity contribution is 7.92. The monoisotopic (exact) mass is 732 g/mol. The summed E-state index contributed by atoms with van der Waals surface area (Å²) in [6.07, 6.45) is 13.7. The topological polar surface area (TPSA) is 118 Å². The largest absolute Gasteiger partial charge is 0.363 e. The summed E-state index contributed by atoms with van der Waals surface area (Å²) in [6, 6.07) is 12.5. The molecule has 1 aliphatic carbocycles. The lowest BCUT2D eigenvalue weighted by Crippen LogP contribution is -2.34. The first kappa shape index (κ1) is 35.4. The number of sulfonamides is 1. The number of rotatable bonds is 11. The highest BCUT2D eigenvalue weighted by Crippen LogP contribution is 2.39. The summed E-state index contributed by atoms with van der Waals surface area (Å²) >= 11 is 0. The van der Waals surface area contributed by atoms with Gasteiger partial charge in [0.15, 0.2) is 10.7 Å². The molecule has 1 saturated heterocycles. The summed E-state index contributed by atoms with van der Waals surface area (Å²) in [5, 5.41) is 8.08. The fraction of sp³-hybridized carbons (Fsp3) is 0.351. The Morgan fingerprint density at radius 2 is 1.62 bits per heavy atom. The van der Waals surface area contributed by atoms with Gasteiger partial charge < -0.3 is 15.0 Å². The Morgan fingerprint density at radius 1 is 0.885 bits per heavy atom. The quantitative estimate of drug-likeness (QED) is 0.136. The molecule has 5 aromatic rings. The zero-order valence-corrected chi connectivity index (χ0v) is 29.5. The van der Waals surface area contributed by atoms with E-state index in [9.17, 15) is 17.2 Å². The van der Waals surface area contributed by atoms with E-state index in [0.717, 1.165) is 82.1 Å². The number of nitrogens with one attached hydrogen (secondary N) is 1. The van der Waals surface area contributed by atoms with Crippen molar-refractivity contribution < 1.29 is 26.3 Å². The lowest BCUT2D eigenvalue weighted by Gasteiger charge is -2.27. The van der Waals surface area contributed by atoms with Crippen molar-refractivity contribution >= 4 is 33.2 Å². The van der Waals surface area contributed by atoms with E-state index in [4.69, 9.17) is 14.8 Å². The molecule has 52 heavy (non-hydrogen) atoms. The van der Waals surface area contributed by atoms with Crippen molar-refractivity contribution in [3.63, 3.8) is 0 Å². The van der Waals surface area contributed by atoms with Crippen LogP contribution in [0.2, 0.25) is 0 Å². The molecule has 11 nitrogen and oxygen atoms in total. The normalized spacial score (nSPS) is 15.5. The van der Waals surface area contributed by atoms with Crippen LogP contribution in [-0.2, 0) is 14.8 Å². The first-order valence-electron chi connectivity index (χ1n) is 17.4. The van der Waals surface area contributed by atoms with Crippen LogP contribution in [0.3, 0.4) is 0 Å². The van der Waals surface area contributed by atoms with Crippen molar-refractivity contribution in [2.75, 3.05) is 41.5 Å². The van der Waals surface area contributed by atoms with Gasteiger partial charge in [-0.1, -0.05) is 31.4 Å². The van der Waals surface area contributed by atoms with Crippen molar-refractivity contribution in [1.82, 2.24) is 24.7 Å². The highest BCUT2D eigenvalue weighted by atomic mass is 32.2. The Morgan fingerprint density at radius 3 is 2.33 bits per heavy atom. The van der Waals surface area contributed by atoms with Crippen molar-refractivity contribution in [2.45, 2.75) is 62.3 Å². The molecule has 0 radical (unpaired) electrons. The van der Waals surface area contributed by atoms with Crippen LogP contribution >= 0.6 is 0 Å². The van der Waals surface area contributed by atoms with Crippen LogP contribution in [0.15, 0.2) is 78.1 Å². The molecular weight excluding hydrogens is 694 g/mol. The number of aromatic nitrogens is 5. The fourth-order valence-electron chi connectivity index (χ4n) is 6.90. The van der Waals surface area contributed by atoms with Gasteiger partial charge >= 0.3 is 0 Å². The molecule has 1 aliphatic heterocycles. The number of piperidine rings is 1. The van der Waals surface area contributed by atoms with Crippen molar-refractivity contribution in [3.05, 3.63) is 90.6 Å². The molecule has 4 heterocycles. The van der Waals surface area contributed by atoms with E-state index in [1.54, 1.807) is 18.5 Å². The molecule has 2 aromatic carbocycles. The molecule has 1 N–H and O–H groups in total. The van der Waals surface area contributed by atoms with Crippen molar-refractivity contribution in [2.24, 2.45) is 0 Å². The standard InChI is InChI=1S/C37H39F3N8O3S/c1-51-24-48(52(49,50)36-29(38)13-9-14-30(36)39)32-15-8-12-27(34(32)40)35-28(23-47(45-35)26-10-4-2-5-11-26)31-18-19-41-37(44-31)43-25-16-17-33(42-22-25)46-20-6-3-7-21-46/h8-9,12-19,22-23,26H,2-7,10-11,20-21,24H2,1H3,(H,41,43,44). The maximum absolute atomic E-state index is 16.8. The molecule has 15 heteroatoms. The van der Waals surface area contributed by atoms with Gasteiger partial charge in [-0.05, 0) is 74.6 Å². The Hall–Kier alpha value is -5.02. The van der Waals surface area contributed by atoms with Gasteiger partial charge in [0.25, 0.3) is 10.0 Å². The first-order chi connectivity index (χ1) is 25.2. The molecule has 7 rings (SSSR count). The van der Waals surface area contributed by atoms with Crippen LogP contribution in [0, 0.1) is 17.5 Å². The molecule has 272 valence electrons. The molecule has 0 spiro atoms. The number of hydrogen-bond acceptors (Lipinski definition) is 9. The summed E-state index contributed by atoms with van der Waals surface area (Å²) in [4.78, 5) is 14.9. The van der Waals surface area contributed by atoms with Gasteiger partial charge in [-0.15, -0.1) is 0 Å². The van der Waals surface area contributed by atoms with Crippen LogP contribution in [0.25, 0.3) is 22.5 Å². The van der Waals surface area contributed by atoms with Crippen LogP contribution in [0.5, 0.6) is 0 Å². The minimum Gasteiger partial charge on any atom is -0.363 e. The van der Waals surface area contributed by atoms with E-state index in [-0.39, 0.29) is 17.3 Å². The lowest BCUT2D eigenvalue weighted by molar-refractivity contribution is 0.209. The van der Waals surface area contributed by atoms with E-state index in [1.807, 2.05) is 23.0 Å². The molecular formula is C37H39F3N8O3S. The fourth-order valence-corrected chi connectivity index (χ4v) is 8.39. The summed E-state index contributed by atoms with van der Waals surface area (Å²) in [5.74, 6) is -2.39. The van der Waals surface area contributed by atoms with E-state index in [2.05, 4.69) is 20.2 Å². The van der Waals surface area contributed by atoms with Crippen LogP contribution in [-0.4, -0.2) is 60.1 Å². The van der Waals surface area contributed by atoms with E-state index in [1.165, 1.54) is 31.7 Å². The third-order valence-electron chi connectivity index (χ3n) is 9.51. The Kier molecular flexibility index (Phi) is 10.4. The molecule has 2 aliphatic rings. The van der Waals surface area contributed by atoms with Gasteiger partial charge in [-0.3, -0.25) is 4.68 Å². The number of pyridine rings is 1.